The number of carbonyl (C=O) groups is 1. The summed E-state index contributed by atoms with van der Waals surface area (Å²) in [5.41, 5.74) is 1.81. The molecule has 1 N–H and O–H groups in total. The third-order valence-electron chi connectivity index (χ3n) is 11.5. The summed E-state index contributed by atoms with van der Waals surface area (Å²) in [5, 5.41) is 10.8. The minimum Gasteiger partial charge on any atom is -0.462 e. The standard InChI is InChI=1S/C30H50O3/c1-19(2)30(7,32)17-12-20(3)25-10-11-26-24-9-8-22-18-23(33-21(4)31)13-15-28(22,5)27(24)14-16-29(25,26)6/h8,19-20,23-27,32H,9-18H2,1-7H3/t20-,23+,24+,25-,26+,27+,28+,29-,30?/m1/s1. The third-order valence-corrected chi connectivity index (χ3v) is 11.5. The molecular weight excluding hydrogens is 408 g/mol. The summed E-state index contributed by atoms with van der Waals surface area (Å²) < 4.78 is 5.61. The van der Waals surface area contributed by atoms with Crippen LogP contribution in [-0.4, -0.2) is 22.8 Å². The number of allylic oxidation sites excluding steroid dienone is 1. The Morgan fingerprint density at radius 2 is 1.88 bits per heavy atom. The number of hydrogen-bond donors (Lipinski definition) is 1. The maximum Gasteiger partial charge on any atom is 0.302 e. The average Bonchev–Trinajstić information content (AvgIpc) is 3.09. The predicted octanol–water partition coefficient (Wildman–Crippen LogP) is 7.32. The summed E-state index contributed by atoms with van der Waals surface area (Å²) in [5.74, 6) is 4.12. The third kappa shape index (κ3) is 4.45. The Balaban J connectivity index is 1.47. The van der Waals surface area contributed by atoms with Crippen molar-refractivity contribution in [2.24, 2.45) is 46.3 Å². The highest BCUT2D eigenvalue weighted by molar-refractivity contribution is 5.66. The van der Waals surface area contributed by atoms with Crippen molar-refractivity contribution in [1.82, 2.24) is 0 Å². The lowest BCUT2D eigenvalue weighted by molar-refractivity contribution is -0.148. The monoisotopic (exact) mass is 458 g/mol. The molecule has 4 aliphatic rings. The molecule has 0 heterocycles. The minimum absolute atomic E-state index is 0.0898. The number of carbonyl (C=O) groups excluding carboxylic acids is 1. The SMILES string of the molecule is CC(=O)O[C@H]1CC[C@@]2(C)C(=CC[C@H]3[C@@H]4CC[C@H]([C@H](C)CCC(C)(O)C(C)C)[C@@]4(C)CC[C@@H]32)C1. The molecule has 0 radical (unpaired) electrons. The largest absolute Gasteiger partial charge is 0.462 e. The Kier molecular flexibility index (Phi) is 6.89. The van der Waals surface area contributed by atoms with Crippen LogP contribution < -0.4 is 0 Å². The number of ether oxygens (including phenoxy) is 1. The van der Waals surface area contributed by atoms with E-state index < -0.39 is 5.60 Å². The van der Waals surface area contributed by atoms with Gasteiger partial charge in [0.05, 0.1) is 5.60 Å². The van der Waals surface area contributed by atoms with E-state index in [0.717, 1.165) is 49.4 Å². The number of esters is 1. The van der Waals surface area contributed by atoms with Gasteiger partial charge in [-0.05, 0) is 111 Å². The first-order valence-corrected chi connectivity index (χ1v) is 14.0. The molecule has 188 valence electrons. The van der Waals surface area contributed by atoms with Gasteiger partial charge in [-0.25, -0.2) is 0 Å². The highest BCUT2D eigenvalue weighted by atomic mass is 16.5. The van der Waals surface area contributed by atoms with Crippen LogP contribution in [0, 0.1) is 46.3 Å². The molecule has 3 heteroatoms. The van der Waals surface area contributed by atoms with E-state index in [0.29, 0.717) is 22.7 Å². The quantitative estimate of drug-likeness (QED) is 0.335. The van der Waals surface area contributed by atoms with Crippen LogP contribution in [0.5, 0.6) is 0 Å². The van der Waals surface area contributed by atoms with Gasteiger partial charge in [0, 0.05) is 13.3 Å². The smallest absolute Gasteiger partial charge is 0.302 e. The second-order valence-electron chi connectivity index (χ2n) is 13.5. The zero-order valence-electron chi connectivity index (χ0n) is 22.5. The van der Waals surface area contributed by atoms with Crippen molar-refractivity contribution in [2.45, 2.75) is 124 Å². The van der Waals surface area contributed by atoms with Crippen LogP contribution in [0.15, 0.2) is 11.6 Å². The summed E-state index contributed by atoms with van der Waals surface area (Å²) >= 11 is 0. The van der Waals surface area contributed by atoms with E-state index in [1.807, 2.05) is 6.92 Å². The van der Waals surface area contributed by atoms with Gasteiger partial charge in [0.1, 0.15) is 6.10 Å². The van der Waals surface area contributed by atoms with Gasteiger partial charge in [-0.2, -0.15) is 0 Å². The van der Waals surface area contributed by atoms with E-state index in [4.69, 9.17) is 4.74 Å². The van der Waals surface area contributed by atoms with Crippen LogP contribution in [-0.2, 0) is 9.53 Å². The van der Waals surface area contributed by atoms with Crippen LogP contribution in [0.3, 0.4) is 0 Å². The van der Waals surface area contributed by atoms with Crippen molar-refractivity contribution in [2.75, 3.05) is 0 Å². The number of fused-ring (bicyclic) bond motifs is 5. The van der Waals surface area contributed by atoms with Crippen molar-refractivity contribution in [3.05, 3.63) is 11.6 Å². The molecule has 0 bridgehead atoms. The fourth-order valence-electron chi connectivity index (χ4n) is 8.95. The van der Waals surface area contributed by atoms with Gasteiger partial charge in [-0.15, -0.1) is 0 Å². The maximum atomic E-state index is 11.5. The molecule has 0 aliphatic heterocycles. The molecule has 0 amide bonds. The summed E-state index contributed by atoms with van der Waals surface area (Å²) in [6, 6.07) is 0. The first kappa shape index (κ1) is 25.3. The van der Waals surface area contributed by atoms with Crippen LogP contribution >= 0.6 is 0 Å². The molecule has 0 aromatic heterocycles. The fourth-order valence-corrected chi connectivity index (χ4v) is 8.95. The number of rotatable bonds is 6. The first-order chi connectivity index (χ1) is 15.4. The Morgan fingerprint density at radius 3 is 2.55 bits per heavy atom. The fraction of sp³-hybridized carbons (Fsp3) is 0.900. The highest BCUT2D eigenvalue weighted by Crippen LogP contribution is 2.67. The van der Waals surface area contributed by atoms with Gasteiger partial charge in [0.15, 0.2) is 0 Å². The summed E-state index contributed by atoms with van der Waals surface area (Å²) in [7, 11) is 0. The van der Waals surface area contributed by atoms with Gasteiger partial charge in [0.2, 0.25) is 0 Å². The zero-order chi connectivity index (χ0) is 24.2. The Bertz CT molecular complexity index is 767. The summed E-state index contributed by atoms with van der Waals surface area (Å²) in [6.07, 6.45) is 14.6. The molecular formula is C30H50O3. The lowest BCUT2D eigenvalue weighted by Gasteiger charge is -2.58. The first-order valence-electron chi connectivity index (χ1n) is 14.0. The van der Waals surface area contributed by atoms with Crippen molar-refractivity contribution in [3.63, 3.8) is 0 Å². The molecule has 0 spiro atoms. The van der Waals surface area contributed by atoms with Crippen LogP contribution in [0.2, 0.25) is 0 Å². The van der Waals surface area contributed by atoms with E-state index in [-0.39, 0.29) is 12.1 Å². The average molecular weight is 459 g/mol. The predicted molar refractivity (Wildman–Crippen MR) is 135 cm³/mol. The van der Waals surface area contributed by atoms with E-state index in [1.54, 1.807) is 12.5 Å². The Hall–Kier alpha value is -0.830. The number of aliphatic hydroxyl groups is 1. The van der Waals surface area contributed by atoms with Crippen LogP contribution in [0.25, 0.3) is 0 Å². The molecule has 0 saturated heterocycles. The van der Waals surface area contributed by atoms with Crippen molar-refractivity contribution >= 4 is 5.97 Å². The van der Waals surface area contributed by atoms with Crippen LogP contribution in [0.1, 0.15) is 113 Å². The second kappa shape index (κ2) is 8.99. The maximum absolute atomic E-state index is 11.5. The number of hydrogen-bond acceptors (Lipinski definition) is 3. The van der Waals surface area contributed by atoms with E-state index >= 15 is 0 Å². The second-order valence-corrected chi connectivity index (χ2v) is 13.5. The summed E-state index contributed by atoms with van der Waals surface area (Å²) in [4.78, 5) is 11.5. The van der Waals surface area contributed by atoms with Gasteiger partial charge in [-0.1, -0.05) is 46.3 Å². The molecule has 3 nitrogen and oxygen atoms in total. The normalized spacial score (nSPS) is 43.1. The van der Waals surface area contributed by atoms with E-state index in [1.165, 1.54) is 38.5 Å². The lowest BCUT2D eigenvalue weighted by atomic mass is 9.47. The van der Waals surface area contributed by atoms with Crippen molar-refractivity contribution < 1.29 is 14.6 Å². The molecule has 0 aromatic carbocycles. The molecule has 0 aromatic rings. The van der Waals surface area contributed by atoms with Crippen LogP contribution in [0.4, 0.5) is 0 Å². The van der Waals surface area contributed by atoms with Gasteiger partial charge in [0.25, 0.3) is 0 Å². The molecule has 9 atom stereocenters. The Labute approximate surface area is 203 Å². The van der Waals surface area contributed by atoms with Crippen molar-refractivity contribution in [3.8, 4) is 0 Å². The lowest BCUT2D eigenvalue weighted by Crippen LogP contribution is -2.51. The minimum atomic E-state index is -0.547. The Morgan fingerprint density at radius 1 is 1.15 bits per heavy atom. The molecule has 1 unspecified atom stereocenters. The van der Waals surface area contributed by atoms with Gasteiger partial charge in [-0.3, -0.25) is 4.79 Å². The molecule has 4 aliphatic carbocycles. The van der Waals surface area contributed by atoms with E-state index in [2.05, 4.69) is 40.7 Å². The van der Waals surface area contributed by atoms with Gasteiger partial charge < -0.3 is 9.84 Å². The van der Waals surface area contributed by atoms with Gasteiger partial charge >= 0.3 is 5.97 Å². The molecule has 3 fully saturated rings. The van der Waals surface area contributed by atoms with E-state index in [9.17, 15) is 9.90 Å². The molecule has 33 heavy (non-hydrogen) atoms. The molecule has 3 saturated carbocycles. The zero-order valence-corrected chi connectivity index (χ0v) is 22.5. The highest BCUT2D eigenvalue weighted by Gasteiger charge is 2.59. The molecule has 4 rings (SSSR count). The van der Waals surface area contributed by atoms with Crippen molar-refractivity contribution in [1.29, 1.82) is 0 Å². The summed E-state index contributed by atoms with van der Waals surface area (Å²) in [6.45, 7) is 15.5. The topological polar surface area (TPSA) is 46.5 Å².